The third-order valence-corrected chi connectivity index (χ3v) is 4.72. The fourth-order valence-corrected chi connectivity index (χ4v) is 3.30. The number of amides is 2. The molecule has 0 radical (unpaired) electrons. The molecule has 1 N–H and O–H groups in total. The predicted molar refractivity (Wildman–Crippen MR) is 119 cm³/mol. The molecule has 0 saturated carbocycles. The lowest BCUT2D eigenvalue weighted by molar-refractivity contribution is -0.117. The molecule has 0 atom stereocenters. The van der Waals surface area contributed by atoms with Crippen molar-refractivity contribution in [3.05, 3.63) is 53.6 Å². The summed E-state index contributed by atoms with van der Waals surface area (Å²) in [6.07, 6.45) is 1.90. The molecule has 0 spiro atoms. The maximum absolute atomic E-state index is 12.7. The highest BCUT2D eigenvalue weighted by Gasteiger charge is 2.19. The average molecular weight is 397 g/mol. The van der Waals surface area contributed by atoms with Crippen molar-refractivity contribution in [1.29, 1.82) is 0 Å². The highest BCUT2D eigenvalue weighted by molar-refractivity contribution is 5.96. The number of anilines is 2. The Balaban J connectivity index is 2.15. The molecule has 0 heterocycles. The van der Waals surface area contributed by atoms with Crippen LogP contribution in [0.4, 0.5) is 11.4 Å². The topological polar surface area (TPSA) is 58.6 Å². The van der Waals surface area contributed by atoms with E-state index in [4.69, 9.17) is 4.74 Å². The summed E-state index contributed by atoms with van der Waals surface area (Å²) in [5.74, 6) is 0.414. The Bertz CT molecular complexity index is 824. The molecule has 0 aliphatic carbocycles. The van der Waals surface area contributed by atoms with Crippen LogP contribution in [0.5, 0.6) is 5.75 Å². The minimum absolute atomic E-state index is 0.00809. The van der Waals surface area contributed by atoms with Gasteiger partial charge in [-0.05, 0) is 49.9 Å². The molecule has 2 rings (SSSR count). The summed E-state index contributed by atoms with van der Waals surface area (Å²) in [5, 5.41) is 3.07. The Morgan fingerprint density at radius 2 is 1.62 bits per heavy atom. The molecule has 0 aliphatic rings. The van der Waals surface area contributed by atoms with Gasteiger partial charge in [0.2, 0.25) is 11.8 Å². The second-order valence-electron chi connectivity index (χ2n) is 7.26. The van der Waals surface area contributed by atoms with Crippen LogP contribution in [0.2, 0.25) is 0 Å². The molecule has 0 aromatic heterocycles. The normalized spacial score (nSPS) is 10.7. The Kier molecular flexibility index (Phi) is 8.25. The van der Waals surface area contributed by atoms with E-state index in [1.165, 1.54) is 6.92 Å². The van der Waals surface area contributed by atoms with Crippen LogP contribution in [0.15, 0.2) is 42.5 Å². The molecule has 0 fully saturated rings. The van der Waals surface area contributed by atoms with Crippen molar-refractivity contribution < 1.29 is 14.3 Å². The predicted octanol–water partition coefficient (Wildman–Crippen LogP) is 4.98. The first kappa shape index (κ1) is 22.5. The summed E-state index contributed by atoms with van der Waals surface area (Å²) < 4.78 is 5.85. The summed E-state index contributed by atoms with van der Waals surface area (Å²) in [5.41, 5.74) is 3.83. The number of para-hydroxylation sites is 3. The van der Waals surface area contributed by atoms with Gasteiger partial charge >= 0.3 is 0 Å². The van der Waals surface area contributed by atoms with Gasteiger partial charge in [0.25, 0.3) is 0 Å². The quantitative estimate of drug-likeness (QED) is 0.650. The number of nitrogens with zero attached hydrogens (tertiary/aromatic N) is 1. The van der Waals surface area contributed by atoms with Crippen LogP contribution in [0.3, 0.4) is 0 Å². The van der Waals surface area contributed by atoms with Gasteiger partial charge < -0.3 is 15.0 Å². The van der Waals surface area contributed by atoms with E-state index in [1.807, 2.05) is 56.3 Å². The van der Waals surface area contributed by atoms with Gasteiger partial charge in [-0.25, -0.2) is 0 Å². The van der Waals surface area contributed by atoms with Gasteiger partial charge in [-0.15, -0.1) is 0 Å². The van der Waals surface area contributed by atoms with Crippen molar-refractivity contribution >= 4 is 23.2 Å². The Hall–Kier alpha value is -2.82. The zero-order valence-electron chi connectivity index (χ0n) is 18.1. The van der Waals surface area contributed by atoms with E-state index in [2.05, 4.69) is 19.2 Å². The summed E-state index contributed by atoms with van der Waals surface area (Å²) in [7, 11) is 0. The van der Waals surface area contributed by atoms with Gasteiger partial charge in [-0.2, -0.15) is 0 Å². The van der Waals surface area contributed by atoms with Crippen molar-refractivity contribution in [2.75, 3.05) is 16.8 Å². The standard InChI is InChI=1S/C24H32N2O3/c1-6-19-11-10-12-20(7-2)24(19)25-23(28)15-16-26(18(5)27)21-13-8-9-14-22(21)29-17(3)4/h8-14,17H,6-7,15-16H2,1-5H3,(H,25,28). The van der Waals surface area contributed by atoms with Crippen LogP contribution in [-0.2, 0) is 22.4 Å². The molecule has 2 aromatic rings. The molecule has 0 bridgehead atoms. The zero-order valence-corrected chi connectivity index (χ0v) is 18.1. The van der Waals surface area contributed by atoms with E-state index in [-0.39, 0.29) is 30.9 Å². The smallest absolute Gasteiger partial charge is 0.226 e. The Labute approximate surface area is 174 Å². The molecule has 2 amide bonds. The van der Waals surface area contributed by atoms with Crippen LogP contribution >= 0.6 is 0 Å². The number of hydrogen-bond donors (Lipinski definition) is 1. The van der Waals surface area contributed by atoms with E-state index in [0.29, 0.717) is 11.4 Å². The molecule has 0 saturated heterocycles. The summed E-state index contributed by atoms with van der Waals surface area (Å²) >= 11 is 0. The third-order valence-electron chi connectivity index (χ3n) is 4.72. The minimum atomic E-state index is -0.124. The lowest BCUT2D eigenvalue weighted by atomic mass is 10.0. The number of carbonyl (C=O) groups is 2. The first-order valence-electron chi connectivity index (χ1n) is 10.3. The summed E-state index contributed by atoms with van der Waals surface area (Å²) in [4.78, 5) is 26.6. The van der Waals surface area contributed by atoms with Crippen LogP contribution in [0.25, 0.3) is 0 Å². The number of nitrogens with one attached hydrogen (secondary N) is 1. The lowest BCUT2D eigenvalue weighted by Crippen LogP contribution is -2.32. The summed E-state index contributed by atoms with van der Waals surface area (Å²) in [6, 6.07) is 13.5. The number of carbonyl (C=O) groups excluding carboxylic acids is 2. The average Bonchev–Trinajstić information content (AvgIpc) is 2.68. The van der Waals surface area contributed by atoms with Crippen molar-refractivity contribution in [2.45, 2.75) is 60.0 Å². The van der Waals surface area contributed by atoms with Crippen LogP contribution in [-0.4, -0.2) is 24.5 Å². The minimum Gasteiger partial charge on any atom is -0.489 e. The third kappa shape index (κ3) is 6.08. The Morgan fingerprint density at radius 1 is 1.00 bits per heavy atom. The zero-order chi connectivity index (χ0) is 21.4. The second kappa shape index (κ2) is 10.6. The maximum Gasteiger partial charge on any atom is 0.226 e. The molecule has 0 unspecified atom stereocenters. The van der Waals surface area contributed by atoms with Crippen molar-refractivity contribution in [2.24, 2.45) is 0 Å². The Morgan fingerprint density at radius 3 is 2.17 bits per heavy atom. The van der Waals surface area contributed by atoms with E-state index < -0.39 is 0 Å². The number of hydrogen-bond acceptors (Lipinski definition) is 3. The van der Waals surface area contributed by atoms with E-state index >= 15 is 0 Å². The van der Waals surface area contributed by atoms with Crippen molar-refractivity contribution in [3.63, 3.8) is 0 Å². The highest BCUT2D eigenvalue weighted by atomic mass is 16.5. The molecule has 2 aromatic carbocycles. The van der Waals surface area contributed by atoms with E-state index in [0.717, 1.165) is 29.7 Å². The second-order valence-corrected chi connectivity index (χ2v) is 7.26. The van der Waals surface area contributed by atoms with Gasteiger partial charge in [0, 0.05) is 25.6 Å². The SMILES string of the molecule is CCc1cccc(CC)c1NC(=O)CCN(C(C)=O)c1ccccc1OC(C)C. The number of aryl methyl sites for hydroxylation is 2. The molecular formula is C24H32N2O3. The van der Waals surface area contributed by atoms with E-state index in [1.54, 1.807) is 4.90 Å². The number of rotatable bonds is 9. The summed E-state index contributed by atoms with van der Waals surface area (Å²) in [6.45, 7) is 9.83. The molecule has 5 heteroatoms. The van der Waals surface area contributed by atoms with Crippen molar-refractivity contribution in [3.8, 4) is 5.75 Å². The molecule has 0 aliphatic heterocycles. The van der Waals surface area contributed by atoms with Gasteiger partial charge in [-0.3, -0.25) is 9.59 Å². The van der Waals surface area contributed by atoms with E-state index in [9.17, 15) is 9.59 Å². The first-order valence-corrected chi connectivity index (χ1v) is 10.3. The van der Waals surface area contributed by atoms with Gasteiger partial charge in [0.15, 0.2) is 0 Å². The highest BCUT2D eigenvalue weighted by Crippen LogP contribution is 2.29. The fourth-order valence-electron chi connectivity index (χ4n) is 3.30. The van der Waals surface area contributed by atoms with Gasteiger partial charge in [0.1, 0.15) is 5.75 Å². The first-order chi connectivity index (χ1) is 13.9. The maximum atomic E-state index is 12.7. The van der Waals surface area contributed by atoms with Crippen molar-refractivity contribution in [1.82, 2.24) is 0 Å². The van der Waals surface area contributed by atoms with Crippen LogP contribution in [0.1, 0.15) is 52.2 Å². The number of ether oxygens (including phenoxy) is 1. The monoisotopic (exact) mass is 396 g/mol. The molecule has 156 valence electrons. The lowest BCUT2D eigenvalue weighted by Gasteiger charge is -2.24. The molecular weight excluding hydrogens is 364 g/mol. The fraction of sp³-hybridized carbons (Fsp3) is 0.417. The molecule has 29 heavy (non-hydrogen) atoms. The number of benzene rings is 2. The van der Waals surface area contributed by atoms with Crippen LogP contribution in [0, 0.1) is 0 Å². The molecule has 5 nitrogen and oxygen atoms in total. The van der Waals surface area contributed by atoms with Crippen LogP contribution < -0.4 is 15.0 Å². The largest absolute Gasteiger partial charge is 0.489 e. The van der Waals surface area contributed by atoms with Gasteiger partial charge in [0.05, 0.1) is 11.8 Å². The van der Waals surface area contributed by atoms with Gasteiger partial charge in [-0.1, -0.05) is 44.2 Å².